The molecule has 2 nitrogen and oxygen atoms in total. The first kappa shape index (κ1) is 11.3. The Balaban J connectivity index is 2.56. The highest BCUT2D eigenvalue weighted by Crippen LogP contribution is 2.27. The average Bonchev–Trinajstić information content (AvgIpc) is 2.19. The number of aliphatic carboxylic acids is 1. The van der Waals surface area contributed by atoms with Gasteiger partial charge in [-0.05, 0) is 32.1 Å². The van der Waals surface area contributed by atoms with Crippen molar-refractivity contribution >= 4 is 5.97 Å². The Morgan fingerprint density at radius 2 is 2.36 bits per heavy atom. The molecule has 0 aromatic heterocycles. The first-order valence-electron chi connectivity index (χ1n) is 5.67. The topological polar surface area (TPSA) is 37.3 Å². The van der Waals surface area contributed by atoms with Gasteiger partial charge >= 0.3 is 5.97 Å². The van der Waals surface area contributed by atoms with E-state index < -0.39 is 5.97 Å². The Morgan fingerprint density at radius 3 is 2.86 bits per heavy atom. The molecule has 1 rings (SSSR count). The van der Waals surface area contributed by atoms with Gasteiger partial charge in [0.1, 0.15) is 0 Å². The van der Waals surface area contributed by atoms with Gasteiger partial charge in [-0.15, -0.1) is 0 Å². The Morgan fingerprint density at radius 1 is 1.57 bits per heavy atom. The lowest BCUT2D eigenvalue weighted by Crippen LogP contribution is -2.17. The molecule has 14 heavy (non-hydrogen) atoms. The zero-order valence-corrected chi connectivity index (χ0v) is 8.96. The maximum absolute atomic E-state index is 11.1. The Bertz CT molecular complexity index is 218. The van der Waals surface area contributed by atoms with Gasteiger partial charge in [-0.3, -0.25) is 4.79 Å². The lowest BCUT2D eigenvalue weighted by Gasteiger charge is -2.19. The third-order valence-electron chi connectivity index (χ3n) is 2.92. The lowest BCUT2D eigenvalue weighted by molar-refractivity contribution is -0.140. The maximum Gasteiger partial charge on any atom is 0.310 e. The fourth-order valence-electron chi connectivity index (χ4n) is 2.06. The normalized spacial score (nSPS) is 18.8. The first-order valence-corrected chi connectivity index (χ1v) is 5.67. The highest BCUT2D eigenvalue weighted by atomic mass is 16.4. The van der Waals surface area contributed by atoms with Gasteiger partial charge in [-0.2, -0.15) is 0 Å². The standard InChI is InChI=1S/C12H20O2/c1-2-3-9-11(12(13)14)10-7-5-4-6-8-10/h7,11H,2-6,8-9H2,1H3,(H,13,14). The molecule has 0 fully saturated rings. The quantitative estimate of drug-likeness (QED) is 0.684. The Kier molecular flexibility index (Phi) is 4.71. The van der Waals surface area contributed by atoms with Gasteiger partial charge in [-0.1, -0.05) is 31.4 Å². The van der Waals surface area contributed by atoms with E-state index in [2.05, 4.69) is 13.0 Å². The molecule has 0 radical (unpaired) electrons. The van der Waals surface area contributed by atoms with E-state index in [-0.39, 0.29) is 5.92 Å². The van der Waals surface area contributed by atoms with Crippen LogP contribution in [-0.4, -0.2) is 11.1 Å². The number of rotatable bonds is 5. The van der Waals surface area contributed by atoms with Crippen LogP contribution in [0.5, 0.6) is 0 Å². The van der Waals surface area contributed by atoms with Crippen molar-refractivity contribution in [3.8, 4) is 0 Å². The Labute approximate surface area is 86.0 Å². The lowest BCUT2D eigenvalue weighted by atomic mass is 9.86. The minimum Gasteiger partial charge on any atom is -0.481 e. The highest BCUT2D eigenvalue weighted by molar-refractivity contribution is 5.73. The van der Waals surface area contributed by atoms with Crippen molar-refractivity contribution in [2.75, 3.05) is 0 Å². The van der Waals surface area contributed by atoms with Crippen LogP contribution in [0, 0.1) is 5.92 Å². The Hall–Kier alpha value is -0.790. The molecule has 1 N–H and O–H groups in total. The number of hydrogen-bond acceptors (Lipinski definition) is 1. The van der Waals surface area contributed by atoms with Crippen LogP contribution in [0.2, 0.25) is 0 Å². The van der Waals surface area contributed by atoms with E-state index in [4.69, 9.17) is 5.11 Å². The molecular weight excluding hydrogens is 176 g/mol. The monoisotopic (exact) mass is 196 g/mol. The number of hydrogen-bond donors (Lipinski definition) is 1. The van der Waals surface area contributed by atoms with Crippen molar-refractivity contribution in [2.24, 2.45) is 5.92 Å². The minimum absolute atomic E-state index is 0.199. The van der Waals surface area contributed by atoms with E-state index in [1.54, 1.807) is 0 Å². The van der Waals surface area contributed by atoms with Crippen LogP contribution in [0.4, 0.5) is 0 Å². The van der Waals surface area contributed by atoms with Crippen LogP contribution in [-0.2, 0) is 4.79 Å². The van der Waals surface area contributed by atoms with Crippen molar-refractivity contribution in [1.82, 2.24) is 0 Å². The second-order valence-corrected chi connectivity index (χ2v) is 4.06. The molecule has 0 amide bonds. The number of unbranched alkanes of at least 4 members (excludes halogenated alkanes) is 1. The van der Waals surface area contributed by atoms with Crippen molar-refractivity contribution in [1.29, 1.82) is 0 Å². The zero-order chi connectivity index (χ0) is 10.4. The summed E-state index contributed by atoms with van der Waals surface area (Å²) < 4.78 is 0. The molecule has 0 aromatic carbocycles. The van der Waals surface area contributed by atoms with Crippen molar-refractivity contribution < 1.29 is 9.90 Å². The largest absolute Gasteiger partial charge is 0.481 e. The van der Waals surface area contributed by atoms with Crippen molar-refractivity contribution in [3.05, 3.63) is 11.6 Å². The molecule has 1 unspecified atom stereocenters. The number of carbonyl (C=O) groups is 1. The summed E-state index contributed by atoms with van der Waals surface area (Å²) >= 11 is 0. The van der Waals surface area contributed by atoms with Crippen molar-refractivity contribution in [3.63, 3.8) is 0 Å². The summed E-state index contributed by atoms with van der Waals surface area (Å²) in [6, 6.07) is 0. The summed E-state index contributed by atoms with van der Waals surface area (Å²) in [5, 5.41) is 9.11. The fourth-order valence-corrected chi connectivity index (χ4v) is 2.06. The average molecular weight is 196 g/mol. The summed E-state index contributed by atoms with van der Waals surface area (Å²) in [5.41, 5.74) is 1.18. The molecule has 1 aliphatic carbocycles. The third-order valence-corrected chi connectivity index (χ3v) is 2.92. The summed E-state index contributed by atoms with van der Waals surface area (Å²) in [5.74, 6) is -0.832. The molecule has 0 spiro atoms. The van der Waals surface area contributed by atoms with E-state index in [1.807, 2.05) is 0 Å². The molecule has 0 bridgehead atoms. The summed E-state index contributed by atoms with van der Waals surface area (Å²) in [7, 11) is 0. The SMILES string of the molecule is CCCCC(C(=O)O)C1=CCCCC1. The molecule has 0 aliphatic heterocycles. The van der Waals surface area contributed by atoms with Crippen molar-refractivity contribution in [2.45, 2.75) is 51.9 Å². The summed E-state index contributed by atoms with van der Waals surface area (Å²) in [6.07, 6.45) is 9.54. The maximum atomic E-state index is 11.1. The minimum atomic E-state index is -0.633. The highest BCUT2D eigenvalue weighted by Gasteiger charge is 2.22. The van der Waals surface area contributed by atoms with Crippen LogP contribution in [0.3, 0.4) is 0 Å². The van der Waals surface area contributed by atoms with Crippen LogP contribution in [0.15, 0.2) is 11.6 Å². The van der Waals surface area contributed by atoms with Gasteiger partial charge in [-0.25, -0.2) is 0 Å². The predicted octanol–water partition coefficient (Wildman–Crippen LogP) is 3.38. The molecule has 2 heteroatoms. The van der Waals surface area contributed by atoms with Gasteiger partial charge in [0.15, 0.2) is 0 Å². The number of carboxylic acids is 1. The zero-order valence-electron chi connectivity index (χ0n) is 8.96. The molecular formula is C12H20O2. The van der Waals surface area contributed by atoms with Gasteiger partial charge in [0.25, 0.3) is 0 Å². The smallest absolute Gasteiger partial charge is 0.310 e. The second kappa shape index (κ2) is 5.84. The van der Waals surface area contributed by atoms with Crippen LogP contribution >= 0.6 is 0 Å². The predicted molar refractivity (Wildman–Crippen MR) is 57.2 cm³/mol. The third kappa shape index (κ3) is 3.17. The first-order chi connectivity index (χ1) is 6.75. The van der Waals surface area contributed by atoms with Gasteiger partial charge in [0, 0.05) is 0 Å². The molecule has 80 valence electrons. The summed E-state index contributed by atoms with van der Waals surface area (Å²) in [6.45, 7) is 2.11. The molecule has 0 saturated heterocycles. The van der Waals surface area contributed by atoms with Crippen LogP contribution in [0.25, 0.3) is 0 Å². The molecule has 0 heterocycles. The second-order valence-electron chi connectivity index (χ2n) is 4.06. The van der Waals surface area contributed by atoms with E-state index in [0.717, 1.165) is 32.1 Å². The van der Waals surface area contributed by atoms with Crippen LogP contribution in [0.1, 0.15) is 51.9 Å². The molecule has 0 saturated carbocycles. The molecule has 1 aliphatic rings. The summed E-state index contributed by atoms with van der Waals surface area (Å²) in [4.78, 5) is 11.1. The van der Waals surface area contributed by atoms with E-state index in [9.17, 15) is 4.79 Å². The number of allylic oxidation sites excluding steroid dienone is 1. The van der Waals surface area contributed by atoms with E-state index in [0.29, 0.717) is 0 Å². The van der Waals surface area contributed by atoms with E-state index in [1.165, 1.54) is 18.4 Å². The number of carboxylic acid groups (broad SMARTS) is 1. The molecule has 1 atom stereocenters. The van der Waals surface area contributed by atoms with Gasteiger partial charge < -0.3 is 5.11 Å². The van der Waals surface area contributed by atoms with E-state index >= 15 is 0 Å². The van der Waals surface area contributed by atoms with Gasteiger partial charge in [0.2, 0.25) is 0 Å². The van der Waals surface area contributed by atoms with Gasteiger partial charge in [0.05, 0.1) is 5.92 Å². The fraction of sp³-hybridized carbons (Fsp3) is 0.750. The molecule has 0 aromatic rings. The van der Waals surface area contributed by atoms with Crippen LogP contribution < -0.4 is 0 Å².